The number of pyridine rings is 1. The Bertz CT molecular complexity index is 348. The Morgan fingerprint density at radius 3 is 2.88 bits per heavy atom. The van der Waals surface area contributed by atoms with E-state index in [0.29, 0.717) is 19.3 Å². The summed E-state index contributed by atoms with van der Waals surface area (Å²) in [6.07, 6.45) is 4.37. The molecule has 1 aliphatic rings. The van der Waals surface area contributed by atoms with Crippen LogP contribution in [0.5, 0.6) is 0 Å². The van der Waals surface area contributed by atoms with Gasteiger partial charge in [0.25, 0.3) is 0 Å². The van der Waals surface area contributed by atoms with Gasteiger partial charge in [0.1, 0.15) is 5.82 Å². The molecule has 17 heavy (non-hydrogen) atoms. The number of anilines is 1. The Morgan fingerprint density at radius 2 is 2.24 bits per heavy atom. The van der Waals surface area contributed by atoms with Gasteiger partial charge >= 0.3 is 0 Å². The minimum absolute atomic E-state index is 0.374. The van der Waals surface area contributed by atoms with Crippen molar-refractivity contribution in [1.82, 2.24) is 4.98 Å². The maximum Gasteiger partial charge on any atom is 0.131 e. The molecule has 4 heteroatoms. The summed E-state index contributed by atoms with van der Waals surface area (Å²) in [5.41, 5.74) is 6.68. The van der Waals surface area contributed by atoms with Gasteiger partial charge in [0.05, 0.1) is 12.7 Å². The molecule has 4 nitrogen and oxygen atoms in total. The van der Waals surface area contributed by atoms with E-state index in [2.05, 4.69) is 22.9 Å². The van der Waals surface area contributed by atoms with E-state index >= 15 is 0 Å². The zero-order valence-electron chi connectivity index (χ0n) is 10.4. The molecule has 1 saturated heterocycles. The van der Waals surface area contributed by atoms with Gasteiger partial charge in [0.2, 0.25) is 0 Å². The largest absolute Gasteiger partial charge is 0.377 e. The van der Waals surface area contributed by atoms with E-state index in [9.17, 15) is 0 Å². The molecule has 0 unspecified atom stereocenters. The van der Waals surface area contributed by atoms with Gasteiger partial charge in [-0.15, -0.1) is 0 Å². The second-order valence-corrected chi connectivity index (χ2v) is 4.49. The Kier molecular flexibility index (Phi) is 4.34. The van der Waals surface area contributed by atoms with E-state index in [0.717, 1.165) is 31.7 Å². The first-order chi connectivity index (χ1) is 8.31. The van der Waals surface area contributed by atoms with Crippen molar-refractivity contribution in [1.29, 1.82) is 0 Å². The van der Waals surface area contributed by atoms with Crippen LogP contribution < -0.4 is 10.6 Å². The molecule has 0 spiro atoms. The van der Waals surface area contributed by atoms with E-state index in [-0.39, 0.29) is 0 Å². The third-order valence-corrected chi connectivity index (χ3v) is 3.19. The monoisotopic (exact) mass is 235 g/mol. The van der Waals surface area contributed by atoms with Crippen LogP contribution in [0.15, 0.2) is 18.3 Å². The van der Waals surface area contributed by atoms with Crippen LogP contribution in [0.1, 0.15) is 18.4 Å². The number of nitrogens with zero attached hydrogens (tertiary/aromatic N) is 2. The van der Waals surface area contributed by atoms with Crippen molar-refractivity contribution >= 4 is 5.82 Å². The zero-order chi connectivity index (χ0) is 12.1. The van der Waals surface area contributed by atoms with Crippen molar-refractivity contribution in [3.63, 3.8) is 0 Å². The number of aryl methyl sites for hydroxylation is 1. The minimum Gasteiger partial charge on any atom is -0.377 e. The Morgan fingerprint density at radius 1 is 1.47 bits per heavy atom. The van der Waals surface area contributed by atoms with Crippen LogP contribution in [0.2, 0.25) is 0 Å². The number of hydrogen-bond donors (Lipinski definition) is 1. The molecular weight excluding hydrogens is 214 g/mol. The molecule has 0 aliphatic carbocycles. The lowest BCUT2D eigenvalue weighted by Crippen LogP contribution is -2.38. The first-order valence-electron chi connectivity index (χ1n) is 6.29. The lowest BCUT2D eigenvalue weighted by Gasteiger charge is -2.33. The molecule has 1 aliphatic heterocycles. The van der Waals surface area contributed by atoms with Gasteiger partial charge in [-0.05, 0) is 31.4 Å². The van der Waals surface area contributed by atoms with Crippen molar-refractivity contribution in [2.24, 2.45) is 5.73 Å². The molecule has 1 aromatic heterocycles. The number of piperidine rings is 1. The molecule has 0 radical (unpaired) electrons. The van der Waals surface area contributed by atoms with Gasteiger partial charge in [-0.3, -0.25) is 0 Å². The quantitative estimate of drug-likeness (QED) is 0.855. The predicted molar refractivity (Wildman–Crippen MR) is 69.2 cm³/mol. The molecule has 0 saturated carbocycles. The van der Waals surface area contributed by atoms with Crippen LogP contribution in [0.25, 0.3) is 0 Å². The van der Waals surface area contributed by atoms with Crippen LogP contribution in [0.4, 0.5) is 5.82 Å². The van der Waals surface area contributed by atoms with Crippen LogP contribution >= 0.6 is 0 Å². The van der Waals surface area contributed by atoms with Gasteiger partial charge in [-0.25, -0.2) is 4.98 Å². The second kappa shape index (κ2) is 5.98. The molecule has 2 rings (SSSR count). The second-order valence-electron chi connectivity index (χ2n) is 4.49. The summed E-state index contributed by atoms with van der Waals surface area (Å²) in [6, 6.07) is 4.09. The topological polar surface area (TPSA) is 51.4 Å². The first-order valence-corrected chi connectivity index (χ1v) is 6.29. The standard InChI is InChI=1S/C13H21N3O/c1-11-3-2-7-15-13(11)16-8-4-12(5-9-16)17-10-6-14/h2-3,7,12H,4-6,8-10,14H2,1H3. The fourth-order valence-electron chi connectivity index (χ4n) is 2.28. The number of nitrogens with two attached hydrogens (primary N) is 1. The van der Waals surface area contributed by atoms with Gasteiger partial charge in [-0.1, -0.05) is 6.07 Å². The average molecular weight is 235 g/mol. The summed E-state index contributed by atoms with van der Waals surface area (Å²) in [5.74, 6) is 1.12. The summed E-state index contributed by atoms with van der Waals surface area (Å²) in [6.45, 7) is 5.44. The van der Waals surface area contributed by atoms with Crippen LogP contribution in [0.3, 0.4) is 0 Å². The zero-order valence-corrected chi connectivity index (χ0v) is 10.4. The molecule has 94 valence electrons. The summed E-state index contributed by atoms with van der Waals surface area (Å²) in [5, 5.41) is 0. The van der Waals surface area contributed by atoms with Crippen molar-refractivity contribution in [3.8, 4) is 0 Å². The maximum absolute atomic E-state index is 5.67. The molecule has 1 aromatic rings. The molecule has 0 atom stereocenters. The molecule has 0 aromatic carbocycles. The minimum atomic E-state index is 0.374. The maximum atomic E-state index is 5.67. The lowest BCUT2D eigenvalue weighted by atomic mass is 10.1. The van der Waals surface area contributed by atoms with Gasteiger partial charge in [0.15, 0.2) is 0 Å². The lowest BCUT2D eigenvalue weighted by molar-refractivity contribution is 0.0421. The van der Waals surface area contributed by atoms with E-state index in [1.807, 2.05) is 12.3 Å². The van der Waals surface area contributed by atoms with Gasteiger partial charge in [-0.2, -0.15) is 0 Å². The third-order valence-electron chi connectivity index (χ3n) is 3.19. The Balaban J connectivity index is 1.89. The van der Waals surface area contributed by atoms with E-state index in [1.54, 1.807) is 0 Å². The molecule has 1 fully saturated rings. The molecule has 2 N–H and O–H groups in total. The first kappa shape index (κ1) is 12.3. The highest BCUT2D eigenvalue weighted by molar-refractivity contribution is 5.46. The summed E-state index contributed by atoms with van der Waals surface area (Å²) in [4.78, 5) is 6.80. The number of aromatic nitrogens is 1. The van der Waals surface area contributed by atoms with Crippen molar-refractivity contribution in [3.05, 3.63) is 23.9 Å². The van der Waals surface area contributed by atoms with Gasteiger partial charge < -0.3 is 15.4 Å². The number of ether oxygens (including phenoxy) is 1. The van der Waals surface area contributed by atoms with Gasteiger partial charge in [0, 0.05) is 25.8 Å². The summed E-state index contributed by atoms with van der Waals surface area (Å²) >= 11 is 0. The average Bonchev–Trinajstić information content (AvgIpc) is 2.38. The Hall–Kier alpha value is -1.13. The van der Waals surface area contributed by atoms with E-state index in [4.69, 9.17) is 10.5 Å². The molecule has 0 amide bonds. The third kappa shape index (κ3) is 3.17. The highest BCUT2D eigenvalue weighted by Crippen LogP contribution is 2.21. The van der Waals surface area contributed by atoms with E-state index in [1.165, 1.54) is 5.56 Å². The fourth-order valence-corrected chi connectivity index (χ4v) is 2.28. The smallest absolute Gasteiger partial charge is 0.131 e. The van der Waals surface area contributed by atoms with Crippen molar-refractivity contribution < 1.29 is 4.74 Å². The van der Waals surface area contributed by atoms with E-state index < -0.39 is 0 Å². The van der Waals surface area contributed by atoms with Crippen molar-refractivity contribution in [2.75, 3.05) is 31.1 Å². The highest BCUT2D eigenvalue weighted by Gasteiger charge is 2.21. The molecular formula is C13H21N3O. The molecule has 2 heterocycles. The van der Waals surface area contributed by atoms with Crippen LogP contribution in [0, 0.1) is 6.92 Å². The van der Waals surface area contributed by atoms with Crippen LogP contribution in [-0.4, -0.2) is 37.3 Å². The highest BCUT2D eigenvalue weighted by atomic mass is 16.5. The van der Waals surface area contributed by atoms with Crippen LogP contribution in [-0.2, 0) is 4.74 Å². The van der Waals surface area contributed by atoms with Crippen molar-refractivity contribution in [2.45, 2.75) is 25.9 Å². The SMILES string of the molecule is Cc1cccnc1N1CCC(OCCN)CC1. The number of hydrogen-bond acceptors (Lipinski definition) is 4. The Labute approximate surface area is 103 Å². The fraction of sp³-hybridized carbons (Fsp3) is 0.615. The summed E-state index contributed by atoms with van der Waals surface area (Å²) in [7, 11) is 0. The normalized spacial score (nSPS) is 17.4. The predicted octanol–water partition coefficient (Wildman–Crippen LogP) is 1.33. The summed E-state index contributed by atoms with van der Waals surface area (Å²) < 4.78 is 5.67. The number of rotatable bonds is 4. The molecule has 0 bridgehead atoms.